The molecular formula is C15H13ClN2. The maximum absolute atomic E-state index is 8.80. The van der Waals surface area contributed by atoms with E-state index in [2.05, 4.69) is 24.5 Å². The van der Waals surface area contributed by atoms with E-state index < -0.39 is 0 Å². The zero-order valence-corrected chi connectivity index (χ0v) is 10.9. The molecule has 18 heavy (non-hydrogen) atoms. The molecule has 0 bridgehead atoms. The summed E-state index contributed by atoms with van der Waals surface area (Å²) in [7, 11) is 0. The summed E-state index contributed by atoms with van der Waals surface area (Å²) >= 11 is 6.07. The van der Waals surface area contributed by atoms with E-state index in [0.717, 1.165) is 23.5 Å². The first-order valence-electron chi connectivity index (χ1n) is 5.72. The molecule has 2 rings (SSSR count). The van der Waals surface area contributed by atoms with Crippen molar-refractivity contribution in [1.82, 2.24) is 4.90 Å². The summed E-state index contributed by atoms with van der Waals surface area (Å²) in [5.74, 6) is 0. The molecule has 0 amide bonds. The molecule has 3 heteroatoms. The maximum Gasteiger partial charge on any atom is 0.0991 e. The predicted molar refractivity (Wildman–Crippen MR) is 74.6 cm³/mol. The molecule has 0 atom stereocenters. The van der Waals surface area contributed by atoms with Gasteiger partial charge in [0.25, 0.3) is 0 Å². The number of halogens is 1. The molecule has 0 radical (unpaired) electrons. The van der Waals surface area contributed by atoms with Gasteiger partial charge in [-0.3, -0.25) is 0 Å². The van der Waals surface area contributed by atoms with Crippen molar-refractivity contribution in [3.05, 3.63) is 64.9 Å². The summed E-state index contributed by atoms with van der Waals surface area (Å²) in [6.45, 7) is 6.84. The van der Waals surface area contributed by atoms with Gasteiger partial charge in [0.15, 0.2) is 0 Å². The minimum atomic E-state index is 0.658. The Labute approximate surface area is 112 Å². The van der Waals surface area contributed by atoms with E-state index in [1.807, 2.05) is 36.4 Å². The molecule has 0 fully saturated rings. The fraction of sp³-hybridized carbons (Fsp3) is 0.133. The summed E-state index contributed by atoms with van der Waals surface area (Å²) < 4.78 is 0. The fourth-order valence-corrected chi connectivity index (χ4v) is 2.11. The Morgan fingerprint density at radius 2 is 1.94 bits per heavy atom. The molecule has 1 aromatic carbocycles. The van der Waals surface area contributed by atoms with E-state index in [4.69, 9.17) is 16.9 Å². The van der Waals surface area contributed by atoms with Crippen molar-refractivity contribution in [1.29, 1.82) is 5.26 Å². The van der Waals surface area contributed by atoms with Crippen LogP contribution in [0.5, 0.6) is 0 Å². The molecule has 2 nitrogen and oxygen atoms in total. The summed E-state index contributed by atoms with van der Waals surface area (Å²) in [4.78, 5) is 2.06. The number of allylic oxidation sites excluding steroid dienone is 3. The van der Waals surface area contributed by atoms with Gasteiger partial charge < -0.3 is 4.90 Å². The molecule has 1 aromatic rings. The van der Waals surface area contributed by atoms with Crippen LogP contribution < -0.4 is 0 Å². The summed E-state index contributed by atoms with van der Waals surface area (Å²) in [6.07, 6.45) is 3.82. The largest absolute Gasteiger partial charge is 0.341 e. The molecule has 0 saturated carbocycles. The van der Waals surface area contributed by atoms with Gasteiger partial charge in [-0.2, -0.15) is 5.26 Å². The third-order valence-electron chi connectivity index (χ3n) is 2.91. The summed E-state index contributed by atoms with van der Waals surface area (Å²) in [5, 5.41) is 9.46. The van der Waals surface area contributed by atoms with Crippen LogP contribution in [0.3, 0.4) is 0 Å². The molecule has 0 aromatic heterocycles. The Kier molecular flexibility index (Phi) is 3.55. The fourth-order valence-electron chi connectivity index (χ4n) is 1.94. The minimum Gasteiger partial charge on any atom is -0.341 e. The van der Waals surface area contributed by atoms with Gasteiger partial charge in [0, 0.05) is 12.2 Å². The van der Waals surface area contributed by atoms with E-state index >= 15 is 0 Å². The van der Waals surface area contributed by atoms with Crippen LogP contribution in [0.15, 0.2) is 53.7 Å². The van der Waals surface area contributed by atoms with Crippen molar-refractivity contribution in [2.45, 2.75) is 6.92 Å². The quantitative estimate of drug-likeness (QED) is 0.803. The second-order valence-electron chi connectivity index (χ2n) is 3.95. The van der Waals surface area contributed by atoms with Crippen LogP contribution in [0, 0.1) is 11.3 Å². The number of nitriles is 1. The Balaban J connectivity index is 2.42. The summed E-state index contributed by atoms with van der Waals surface area (Å²) in [6, 6.07) is 9.61. The smallest absolute Gasteiger partial charge is 0.0991 e. The second kappa shape index (κ2) is 5.12. The molecule has 0 aliphatic carbocycles. The highest BCUT2D eigenvalue weighted by atomic mass is 35.5. The van der Waals surface area contributed by atoms with Crippen molar-refractivity contribution in [3.8, 4) is 6.07 Å². The maximum atomic E-state index is 8.80. The lowest BCUT2D eigenvalue weighted by atomic mass is 10.1. The summed E-state index contributed by atoms with van der Waals surface area (Å²) in [5.41, 5.74) is 3.57. The first-order valence-corrected chi connectivity index (χ1v) is 6.10. The lowest BCUT2D eigenvalue weighted by Gasteiger charge is -2.30. The number of rotatable bonds is 2. The highest BCUT2D eigenvalue weighted by Gasteiger charge is 2.18. The van der Waals surface area contributed by atoms with Gasteiger partial charge in [-0.25, -0.2) is 0 Å². The Bertz CT molecular complexity index is 574. The first-order chi connectivity index (χ1) is 8.67. The number of benzene rings is 1. The van der Waals surface area contributed by atoms with Crippen LogP contribution >= 0.6 is 11.6 Å². The van der Waals surface area contributed by atoms with E-state index in [0.29, 0.717) is 10.6 Å². The van der Waals surface area contributed by atoms with Crippen LogP contribution in [-0.2, 0) is 0 Å². The molecule has 1 aliphatic rings. The Morgan fingerprint density at radius 1 is 1.28 bits per heavy atom. The van der Waals surface area contributed by atoms with Crippen molar-refractivity contribution in [2.75, 3.05) is 6.54 Å². The average Bonchev–Trinajstić information content (AvgIpc) is 2.42. The van der Waals surface area contributed by atoms with E-state index in [9.17, 15) is 0 Å². The number of hydrogen-bond donors (Lipinski definition) is 0. The molecule has 0 unspecified atom stereocenters. The van der Waals surface area contributed by atoms with Gasteiger partial charge in [-0.15, -0.1) is 0 Å². The number of likely N-dealkylation sites (N-methyl/N-ethyl adjacent to an activating group) is 1. The third kappa shape index (κ3) is 2.18. The van der Waals surface area contributed by atoms with Crippen LogP contribution in [0.2, 0.25) is 0 Å². The van der Waals surface area contributed by atoms with Crippen molar-refractivity contribution in [2.24, 2.45) is 0 Å². The molecule has 1 heterocycles. The van der Waals surface area contributed by atoms with Gasteiger partial charge in [0.1, 0.15) is 0 Å². The molecule has 0 N–H and O–H groups in total. The van der Waals surface area contributed by atoms with Gasteiger partial charge in [-0.05, 0) is 36.8 Å². The first kappa shape index (κ1) is 12.5. The van der Waals surface area contributed by atoms with Crippen molar-refractivity contribution >= 4 is 17.3 Å². The lowest BCUT2D eigenvalue weighted by Crippen LogP contribution is -2.22. The van der Waals surface area contributed by atoms with E-state index in [1.165, 1.54) is 0 Å². The zero-order valence-electron chi connectivity index (χ0n) is 10.2. The van der Waals surface area contributed by atoms with Crippen LogP contribution in [0.1, 0.15) is 18.1 Å². The highest BCUT2D eigenvalue weighted by molar-refractivity contribution is 6.32. The standard InChI is InChI=1S/C15H13ClN2/c1-3-18-11(2)14(16)8-9-15(18)13-6-4-12(10-17)5-7-13/h4-9H,2-3H2,1H3. The zero-order chi connectivity index (χ0) is 13.1. The van der Waals surface area contributed by atoms with Crippen molar-refractivity contribution < 1.29 is 0 Å². The van der Waals surface area contributed by atoms with Gasteiger partial charge in [0.2, 0.25) is 0 Å². The third-order valence-corrected chi connectivity index (χ3v) is 3.25. The van der Waals surface area contributed by atoms with Crippen LogP contribution in [0.4, 0.5) is 0 Å². The van der Waals surface area contributed by atoms with Crippen molar-refractivity contribution in [3.63, 3.8) is 0 Å². The lowest BCUT2D eigenvalue weighted by molar-refractivity contribution is 0.528. The minimum absolute atomic E-state index is 0.658. The average molecular weight is 257 g/mol. The molecular weight excluding hydrogens is 244 g/mol. The van der Waals surface area contributed by atoms with E-state index in [-0.39, 0.29) is 0 Å². The molecule has 90 valence electrons. The highest BCUT2D eigenvalue weighted by Crippen LogP contribution is 2.31. The topological polar surface area (TPSA) is 27.0 Å². The SMILES string of the molecule is C=C1C(Cl)=CC=C(c2ccc(C#N)cc2)N1CC. The normalized spacial score (nSPS) is 14.9. The molecule has 0 saturated heterocycles. The van der Waals surface area contributed by atoms with Crippen LogP contribution in [-0.4, -0.2) is 11.4 Å². The predicted octanol–water partition coefficient (Wildman–Crippen LogP) is 3.87. The number of hydrogen-bond acceptors (Lipinski definition) is 2. The van der Waals surface area contributed by atoms with Crippen LogP contribution in [0.25, 0.3) is 5.70 Å². The second-order valence-corrected chi connectivity index (χ2v) is 4.35. The Morgan fingerprint density at radius 3 is 2.50 bits per heavy atom. The van der Waals surface area contributed by atoms with Gasteiger partial charge in [-0.1, -0.05) is 30.3 Å². The monoisotopic (exact) mass is 256 g/mol. The molecule has 0 spiro atoms. The molecule has 1 aliphatic heterocycles. The number of nitrogens with zero attached hydrogens (tertiary/aromatic N) is 2. The van der Waals surface area contributed by atoms with Gasteiger partial charge >= 0.3 is 0 Å². The van der Waals surface area contributed by atoms with E-state index in [1.54, 1.807) is 0 Å². The Hall–Kier alpha value is -1.98. The van der Waals surface area contributed by atoms with Gasteiger partial charge in [0.05, 0.1) is 22.4 Å².